The van der Waals surface area contributed by atoms with Crippen LogP contribution in [0.3, 0.4) is 0 Å². The van der Waals surface area contributed by atoms with Gasteiger partial charge in [-0.05, 0) is 42.5 Å². The van der Waals surface area contributed by atoms with E-state index in [0.29, 0.717) is 24.3 Å². The number of fused-ring (bicyclic) bond motifs is 3. The molecule has 0 radical (unpaired) electrons. The Labute approximate surface area is 167 Å². The minimum atomic E-state index is 0.0359. The molecule has 0 aliphatic carbocycles. The second kappa shape index (κ2) is 7.59. The minimum absolute atomic E-state index is 0.0359. The SMILES string of the molecule is CCCC(=O)NCc1nc2c(N)nc3cc(-c4cccs4)ccc3c2n1CC. The van der Waals surface area contributed by atoms with Gasteiger partial charge in [-0.25, -0.2) is 9.97 Å². The molecule has 4 aromatic rings. The predicted octanol–water partition coefficient (Wildman–Crippen LogP) is 4.33. The average Bonchev–Trinajstić information content (AvgIpc) is 3.34. The van der Waals surface area contributed by atoms with E-state index in [0.717, 1.165) is 40.8 Å². The van der Waals surface area contributed by atoms with Crippen molar-refractivity contribution in [3.05, 3.63) is 41.5 Å². The summed E-state index contributed by atoms with van der Waals surface area (Å²) in [6.45, 7) is 5.18. The van der Waals surface area contributed by atoms with Crippen LogP contribution in [0, 0.1) is 0 Å². The summed E-state index contributed by atoms with van der Waals surface area (Å²) in [4.78, 5) is 22.4. The quantitative estimate of drug-likeness (QED) is 0.510. The lowest BCUT2D eigenvalue weighted by atomic mass is 10.1. The number of imidazole rings is 1. The van der Waals surface area contributed by atoms with Crippen LogP contribution in [0.2, 0.25) is 0 Å². The summed E-state index contributed by atoms with van der Waals surface area (Å²) in [7, 11) is 0. The number of benzene rings is 1. The normalized spacial score (nSPS) is 11.4. The molecule has 3 N–H and O–H groups in total. The van der Waals surface area contributed by atoms with Gasteiger partial charge in [0.15, 0.2) is 5.82 Å². The van der Waals surface area contributed by atoms with Crippen LogP contribution < -0.4 is 11.1 Å². The smallest absolute Gasteiger partial charge is 0.220 e. The number of anilines is 1. The largest absolute Gasteiger partial charge is 0.382 e. The van der Waals surface area contributed by atoms with Crippen molar-refractivity contribution in [2.24, 2.45) is 0 Å². The van der Waals surface area contributed by atoms with Crippen LogP contribution in [0.5, 0.6) is 0 Å². The van der Waals surface area contributed by atoms with Crippen LogP contribution >= 0.6 is 11.3 Å². The van der Waals surface area contributed by atoms with Crippen LogP contribution in [-0.4, -0.2) is 20.4 Å². The Morgan fingerprint density at radius 2 is 2.11 bits per heavy atom. The lowest BCUT2D eigenvalue weighted by molar-refractivity contribution is -0.121. The van der Waals surface area contributed by atoms with Gasteiger partial charge in [0.25, 0.3) is 0 Å². The third kappa shape index (κ3) is 3.22. The highest BCUT2D eigenvalue weighted by molar-refractivity contribution is 7.13. The standard InChI is InChI=1S/C21H23N5OS/c1-3-6-18(27)23-12-17-25-19-20(26(17)4-2)14-9-8-13(16-7-5-10-28-16)11-15(14)24-21(19)22/h5,7-11H,3-4,6,12H2,1-2H3,(H2,22,24)(H,23,27). The second-order valence-electron chi connectivity index (χ2n) is 6.70. The molecule has 0 aliphatic rings. The number of aromatic nitrogens is 3. The van der Waals surface area contributed by atoms with E-state index in [9.17, 15) is 4.79 Å². The molecule has 144 valence electrons. The molecule has 3 aromatic heterocycles. The second-order valence-corrected chi connectivity index (χ2v) is 7.65. The third-order valence-electron chi connectivity index (χ3n) is 4.83. The number of carbonyl (C=O) groups is 1. The summed E-state index contributed by atoms with van der Waals surface area (Å²) in [5.74, 6) is 1.25. The van der Waals surface area contributed by atoms with Gasteiger partial charge in [-0.3, -0.25) is 4.79 Å². The highest BCUT2D eigenvalue weighted by Gasteiger charge is 2.17. The summed E-state index contributed by atoms with van der Waals surface area (Å²) in [5.41, 5.74) is 9.91. The van der Waals surface area contributed by atoms with Gasteiger partial charge in [0, 0.05) is 23.2 Å². The van der Waals surface area contributed by atoms with Crippen molar-refractivity contribution < 1.29 is 4.79 Å². The molecule has 0 bridgehead atoms. The maximum atomic E-state index is 11.9. The van der Waals surface area contributed by atoms with Crippen molar-refractivity contribution in [2.45, 2.75) is 39.8 Å². The van der Waals surface area contributed by atoms with Crippen molar-refractivity contribution in [1.29, 1.82) is 0 Å². The highest BCUT2D eigenvalue weighted by Crippen LogP contribution is 2.33. The van der Waals surface area contributed by atoms with Crippen molar-refractivity contribution in [3.8, 4) is 10.4 Å². The van der Waals surface area contributed by atoms with E-state index in [1.54, 1.807) is 11.3 Å². The zero-order valence-corrected chi connectivity index (χ0v) is 16.8. The van der Waals surface area contributed by atoms with Gasteiger partial charge in [0.05, 0.1) is 17.6 Å². The molecular formula is C21H23N5OS. The Morgan fingerprint density at radius 1 is 1.25 bits per heavy atom. The molecule has 1 amide bonds. The Kier molecular flexibility index (Phi) is 5.00. The fourth-order valence-corrected chi connectivity index (χ4v) is 4.25. The maximum absolute atomic E-state index is 11.9. The van der Waals surface area contributed by atoms with Gasteiger partial charge in [0.1, 0.15) is 11.3 Å². The molecule has 4 rings (SSSR count). The fourth-order valence-electron chi connectivity index (χ4n) is 3.52. The highest BCUT2D eigenvalue weighted by atomic mass is 32.1. The molecule has 0 atom stereocenters. The van der Waals surface area contributed by atoms with Gasteiger partial charge in [0.2, 0.25) is 5.91 Å². The molecule has 0 saturated carbocycles. The van der Waals surface area contributed by atoms with Crippen molar-refractivity contribution in [1.82, 2.24) is 19.9 Å². The first kappa shape index (κ1) is 18.4. The van der Waals surface area contributed by atoms with E-state index >= 15 is 0 Å². The number of nitrogens with one attached hydrogen (secondary N) is 1. The number of amides is 1. The number of nitrogens with two attached hydrogens (primary N) is 1. The molecular weight excluding hydrogens is 370 g/mol. The number of carbonyl (C=O) groups excluding carboxylic acids is 1. The Morgan fingerprint density at radius 3 is 2.82 bits per heavy atom. The number of hydrogen-bond acceptors (Lipinski definition) is 5. The Bertz CT molecular complexity index is 1150. The number of nitrogens with zero attached hydrogens (tertiary/aromatic N) is 3. The van der Waals surface area contributed by atoms with Gasteiger partial charge in [-0.15, -0.1) is 11.3 Å². The van der Waals surface area contributed by atoms with E-state index in [-0.39, 0.29) is 5.91 Å². The zero-order valence-electron chi connectivity index (χ0n) is 16.0. The summed E-state index contributed by atoms with van der Waals surface area (Å²) >= 11 is 1.70. The summed E-state index contributed by atoms with van der Waals surface area (Å²) in [5, 5.41) is 6.03. The first-order valence-electron chi connectivity index (χ1n) is 9.51. The lowest BCUT2D eigenvalue weighted by Crippen LogP contribution is -2.24. The van der Waals surface area contributed by atoms with Crippen LogP contribution in [0.4, 0.5) is 5.82 Å². The predicted molar refractivity (Wildman–Crippen MR) is 115 cm³/mol. The number of nitrogen functional groups attached to an aromatic ring is 1. The van der Waals surface area contributed by atoms with Crippen LogP contribution in [-0.2, 0) is 17.9 Å². The Hall–Kier alpha value is -2.93. The van der Waals surface area contributed by atoms with Crippen molar-refractivity contribution in [2.75, 3.05) is 5.73 Å². The van der Waals surface area contributed by atoms with E-state index in [1.165, 1.54) is 4.88 Å². The van der Waals surface area contributed by atoms with Crippen LogP contribution in [0.25, 0.3) is 32.4 Å². The van der Waals surface area contributed by atoms with E-state index in [2.05, 4.69) is 51.4 Å². The van der Waals surface area contributed by atoms with Gasteiger partial charge < -0.3 is 15.6 Å². The molecule has 28 heavy (non-hydrogen) atoms. The monoisotopic (exact) mass is 393 g/mol. The van der Waals surface area contributed by atoms with Crippen molar-refractivity contribution in [3.63, 3.8) is 0 Å². The molecule has 6 nitrogen and oxygen atoms in total. The first-order chi connectivity index (χ1) is 13.6. The number of rotatable bonds is 6. The fraction of sp³-hybridized carbons (Fsp3) is 0.286. The third-order valence-corrected chi connectivity index (χ3v) is 5.74. The zero-order chi connectivity index (χ0) is 19.7. The van der Waals surface area contributed by atoms with Gasteiger partial charge >= 0.3 is 0 Å². The molecule has 3 heterocycles. The van der Waals surface area contributed by atoms with E-state index in [1.807, 2.05) is 13.0 Å². The van der Waals surface area contributed by atoms with E-state index < -0.39 is 0 Å². The molecule has 0 fully saturated rings. The maximum Gasteiger partial charge on any atom is 0.220 e. The molecule has 1 aromatic carbocycles. The molecule has 7 heteroatoms. The number of aryl methyl sites for hydroxylation is 1. The lowest BCUT2D eigenvalue weighted by Gasteiger charge is -2.10. The summed E-state index contributed by atoms with van der Waals surface area (Å²) in [6.07, 6.45) is 1.34. The number of hydrogen-bond donors (Lipinski definition) is 2. The molecule has 0 aliphatic heterocycles. The first-order valence-corrected chi connectivity index (χ1v) is 10.4. The topological polar surface area (TPSA) is 85.8 Å². The Balaban J connectivity index is 1.83. The minimum Gasteiger partial charge on any atom is -0.382 e. The molecule has 0 unspecified atom stereocenters. The number of thiophene rings is 1. The van der Waals surface area contributed by atoms with Crippen LogP contribution in [0.15, 0.2) is 35.7 Å². The average molecular weight is 394 g/mol. The van der Waals surface area contributed by atoms with Gasteiger partial charge in [-0.2, -0.15) is 0 Å². The molecule has 0 saturated heterocycles. The van der Waals surface area contributed by atoms with Crippen molar-refractivity contribution >= 4 is 45.0 Å². The molecule has 0 spiro atoms. The van der Waals surface area contributed by atoms with Gasteiger partial charge in [-0.1, -0.05) is 19.1 Å². The van der Waals surface area contributed by atoms with E-state index in [4.69, 9.17) is 10.7 Å². The van der Waals surface area contributed by atoms with Crippen LogP contribution in [0.1, 0.15) is 32.5 Å². The number of pyridine rings is 1. The summed E-state index contributed by atoms with van der Waals surface area (Å²) < 4.78 is 2.12. The summed E-state index contributed by atoms with van der Waals surface area (Å²) in [6, 6.07) is 10.4.